The average molecular weight is 329 g/mol. The predicted octanol–water partition coefficient (Wildman–Crippen LogP) is 3.73. The number of benzene rings is 2. The van der Waals surface area contributed by atoms with E-state index in [0.29, 0.717) is 6.54 Å². The zero-order chi connectivity index (χ0) is 16.2. The van der Waals surface area contributed by atoms with Gasteiger partial charge in [0, 0.05) is 41.3 Å². The summed E-state index contributed by atoms with van der Waals surface area (Å²) < 4.78 is 2.31. The first kappa shape index (κ1) is 16.1. The van der Waals surface area contributed by atoms with Crippen LogP contribution in [0.25, 0.3) is 10.9 Å². The van der Waals surface area contributed by atoms with Crippen LogP contribution in [0.3, 0.4) is 0 Å². The molecule has 0 saturated carbocycles. The number of para-hydroxylation sites is 1. The number of aliphatic hydroxyl groups is 1. The fraction of sp³-hybridized carbons (Fsp3) is 0.263. The summed E-state index contributed by atoms with van der Waals surface area (Å²) in [6, 6.07) is 16.4. The van der Waals surface area contributed by atoms with E-state index in [4.69, 9.17) is 16.7 Å². The van der Waals surface area contributed by atoms with Gasteiger partial charge in [-0.05, 0) is 30.2 Å². The number of aliphatic hydroxyl groups excluding tert-OH is 1. The molecule has 0 spiro atoms. The lowest BCUT2D eigenvalue weighted by molar-refractivity contribution is 0.292. The van der Waals surface area contributed by atoms with Crippen LogP contribution in [-0.2, 0) is 13.1 Å². The second-order valence-electron chi connectivity index (χ2n) is 5.66. The number of nitrogens with one attached hydrogen (secondary N) is 1. The highest BCUT2D eigenvalue weighted by Gasteiger charge is 2.14. The topological polar surface area (TPSA) is 37.2 Å². The molecule has 4 heteroatoms. The van der Waals surface area contributed by atoms with E-state index in [0.717, 1.165) is 23.7 Å². The first-order chi connectivity index (χ1) is 11.2. The van der Waals surface area contributed by atoms with Crippen LogP contribution in [0, 0.1) is 6.92 Å². The maximum absolute atomic E-state index is 8.98. The molecule has 0 unspecified atom stereocenters. The number of fused-ring (bicyclic) bond motifs is 1. The van der Waals surface area contributed by atoms with Crippen molar-refractivity contribution in [2.45, 2.75) is 20.0 Å². The highest BCUT2D eigenvalue weighted by Crippen LogP contribution is 2.28. The Morgan fingerprint density at radius 2 is 1.83 bits per heavy atom. The van der Waals surface area contributed by atoms with Gasteiger partial charge in [0.25, 0.3) is 0 Å². The Morgan fingerprint density at radius 3 is 2.61 bits per heavy atom. The first-order valence-corrected chi connectivity index (χ1v) is 8.22. The van der Waals surface area contributed by atoms with Crippen LogP contribution < -0.4 is 5.32 Å². The van der Waals surface area contributed by atoms with Crippen LogP contribution in [0.4, 0.5) is 0 Å². The van der Waals surface area contributed by atoms with Crippen molar-refractivity contribution in [1.29, 1.82) is 0 Å². The Bertz CT molecular complexity index is 810. The van der Waals surface area contributed by atoms with Crippen molar-refractivity contribution in [2.75, 3.05) is 13.2 Å². The Labute approximate surface area is 141 Å². The molecule has 0 aliphatic carbocycles. The van der Waals surface area contributed by atoms with Crippen molar-refractivity contribution in [3.05, 3.63) is 70.4 Å². The van der Waals surface area contributed by atoms with Gasteiger partial charge in [-0.3, -0.25) is 0 Å². The van der Waals surface area contributed by atoms with Crippen molar-refractivity contribution in [2.24, 2.45) is 0 Å². The summed E-state index contributed by atoms with van der Waals surface area (Å²) in [6.45, 7) is 4.40. The van der Waals surface area contributed by atoms with Gasteiger partial charge in [0.2, 0.25) is 0 Å². The predicted molar refractivity (Wildman–Crippen MR) is 96.0 cm³/mol. The molecule has 3 rings (SSSR count). The summed E-state index contributed by atoms with van der Waals surface area (Å²) in [5, 5.41) is 14.3. The minimum absolute atomic E-state index is 0.150. The maximum Gasteiger partial charge on any atom is 0.0556 e. The maximum atomic E-state index is 8.98. The number of aromatic nitrogens is 1. The third kappa shape index (κ3) is 3.27. The highest BCUT2D eigenvalue weighted by atomic mass is 35.5. The van der Waals surface area contributed by atoms with Crippen molar-refractivity contribution < 1.29 is 5.11 Å². The van der Waals surface area contributed by atoms with Gasteiger partial charge < -0.3 is 15.0 Å². The molecule has 1 aromatic heterocycles. The molecular formula is C19H21ClN2O. The number of rotatable bonds is 6. The quantitative estimate of drug-likeness (QED) is 0.676. The van der Waals surface area contributed by atoms with Gasteiger partial charge in [-0.1, -0.05) is 48.0 Å². The summed E-state index contributed by atoms with van der Waals surface area (Å²) >= 11 is 6.33. The van der Waals surface area contributed by atoms with Crippen molar-refractivity contribution >= 4 is 22.5 Å². The average Bonchev–Trinajstić information content (AvgIpc) is 2.83. The van der Waals surface area contributed by atoms with E-state index < -0.39 is 0 Å². The Balaban J connectivity index is 2.03. The molecular weight excluding hydrogens is 308 g/mol. The number of nitrogens with zero attached hydrogens (tertiary/aromatic N) is 1. The molecule has 2 N–H and O–H groups in total. The first-order valence-electron chi connectivity index (χ1n) is 7.84. The van der Waals surface area contributed by atoms with Gasteiger partial charge in [-0.15, -0.1) is 0 Å². The van der Waals surface area contributed by atoms with Crippen molar-refractivity contribution in [1.82, 2.24) is 9.88 Å². The molecule has 0 fully saturated rings. The molecule has 3 aromatic rings. The summed E-state index contributed by atoms with van der Waals surface area (Å²) in [5.74, 6) is 0. The zero-order valence-electron chi connectivity index (χ0n) is 13.2. The molecule has 2 aromatic carbocycles. The van der Waals surface area contributed by atoms with E-state index in [1.54, 1.807) is 0 Å². The molecule has 0 radical (unpaired) electrons. The van der Waals surface area contributed by atoms with E-state index in [-0.39, 0.29) is 6.61 Å². The Hall–Kier alpha value is -1.81. The van der Waals surface area contributed by atoms with Crippen molar-refractivity contribution in [3.8, 4) is 0 Å². The third-order valence-corrected chi connectivity index (χ3v) is 4.61. The van der Waals surface area contributed by atoms with Crippen LogP contribution in [0.1, 0.15) is 16.8 Å². The molecule has 0 atom stereocenters. The lowest BCUT2D eigenvalue weighted by Crippen LogP contribution is -2.18. The molecule has 0 bridgehead atoms. The Morgan fingerprint density at radius 1 is 1.09 bits per heavy atom. The lowest BCUT2D eigenvalue weighted by atomic mass is 10.1. The van der Waals surface area contributed by atoms with Crippen molar-refractivity contribution in [3.63, 3.8) is 0 Å². The largest absolute Gasteiger partial charge is 0.395 e. The van der Waals surface area contributed by atoms with Gasteiger partial charge in [0.15, 0.2) is 0 Å². The fourth-order valence-corrected chi connectivity index (χ4v) is 3.21. The van der Waals surface area contributed by atoms with Gasteiger partial charge in [0.1, 0.15) is 0 Å². The van der Waals surface area contributed by atoms with Gasteiger partial charge in [-0.2, -0.15) is 0 Å². The highest BCUT2D eigenvalue weighted by molar-refractivity contribution is 6.31. The summed E-state index contributed by atoms with van der Waals surface area (Å²) in [5.41, 5.74) is 4.84. The fourth-order valence-electron chi connectivity index (χ4n) is 3.02. The lowest BCUT2D eigenvalue weighted by Gasteiger charge is -2.11. The Kier molecular flexibility index (Phi) is 5.01. The van der Waals surface area contributed by atoms with E-state index >= 15 is 0 Å². The molecule has 3 nitrogen and oxygen atoms in total. The molecule has 0 saturated heterocycles. The molecule has 0 aliphatic heterocycles. The molecule has 1 heterocycles. The summed E-state index contributed by atoms with van der Waals surface area (Å²) in [7, 11) is 0. The number of hydrogen-bond acceptors (Lipinski definition) is 2. The van der Waals surface area contributed by atoms with Crippen LogP contribution in [0.5, 0.6) is 0 Å². The van der Waals surface area contributed by atoms with E-state index in [1.807, 2.05) is 18.2 Å². The zero-order valence-corrected chi connectivity index (χ0v) is 14.0. The molecule has 0 amide bonds. The molecule has 0 aliphatic rings. The van der Waals surface area contributed by atoms with E-state index in [9.17, 15) is 0 Å². The smallest absolute Gasteiger partial charge is 0.0556 e. The SMILES string of the molecule is Cc1c(CNCCO)c2ccccc2n1Cc1ccccc1Cl. The monoisotopic (exact) mass is 328 g/mol. The molecule has 120 valence electrons. The normalized spacial score (nSPS) is 11.3. The van der Waals surface area contributed by atoms with Gasteiger partial charge >= 0.3 is 0 Å². The van der Waals surface area contributed by atoms with Crippen LogP contribution in [0.2, 0.25) is 5.02 Å². The van der Waals surface area contributed by atoms with E-state index in [1.165, 1.54) is 22.2 Å². The van der Waals surface area contributed by atoms with E-state index in [2.05, 4.69) is 47.1 Å². The number of hydrogen-bond donors (Lipinski definition) is 2. The van der Waals surface area contributed by atoms with Crippen LogP contribution in [-0.4, -0.2) is 22.8 Å². The second-order valence-corrected chi connectivity index (χ2v) is 6.07. The summed E-state index contributed by atoms with van der Waals surface area (Å²) in [4.78, 5) is 0. The third-order valence-electron chi connectivity index (χ3n) is 4.24. The van der Waals surface area contributed by atoms with Gasteiger partial charge in [-0.25, -0.2) is 0 Å². The molecule has 23 heavy (non-hydrogen) atoms. The van der Waals surface area contributed by atoms with Gasteiger partial charge in [0.05, 0.1) is 6.61 Å². The minimum Gasteiger partial charge on any atom is -0.395 e. The standard InChI is InChI=1S/C19H21ClN2O/c1-14-17(12-21-10-11-23)16-7-3-5-9-19(16)22(14)13-15-6-2-4-8-18(15)20/h2-9,21,23H,10-13H2,1H3. The summed E-state index contributed by atoms with van der Waals surface area (Å²) in [6.07, 6.45) is 0. The second kappa shape index (κ2) is 7.18. The minimum atomic E-state index is 0.150. The van der Waals surface area contributed by atoms with Crippen LogP contribution in [0.15, 0.2) is 48.5 Å². The number of halogens is 1. The van der Waals surface area contributed by atoms with Crippen LogP contribution >= 0.6 is 11.6 Å².